The van der Waals surface area contributed by atoms with E-state index in [0.29, 0.717) is 30.6 Å². The van der Waals surface area contributed by atoms with Crippen LogP contribution in [-0.2, 0) is 11.3 Å². The highest BCUT2D eigenvalue weighted by Gasteiger charge is 2.37. The van der Waals surface area contributed by atoms with E-state index in [9.17, 15) is 9.59 Å². The predicted octanol–water partition coefficient (Wildman–Crippen LogP) is 3.81. The molecule has 3 atom stereocenters. The fourth-order valence-corrected chi connectivity index (χ4v) is 4.16. The van der Waals surface area contributed by atoms with Gasteiger partial charge in [-0.3, -0.25) is 14.6 Å². The molecule has 34 heavy (non-hydrogen) atoms. The molecule has 3 N–H and O–H groups in total. The number of rotatable bonds is 12. The van der Waals surface area contributed by atoms with Crippen molar-refractivity contribution in [1.29, 1.82) is 0 Å². The minimum atomic E-state index is -0.601. The van der Waals surface area contributed by atoms with Gasteiger partial charge in [0.1, 0.15) is 11.7 Å². The van der Waals surface area contributed by atoms with E-state index >= 15 is 0 Å². The van der Waals surface area contributed by atoms with Crippen LogP contribution in [0.1, 0.15) is 53.2 Å². The fourth-order valence-electron chi connectivity index (χ4n) is 4.16. The first-order valence-corrected chi connectivity index (χ1v) is 12.0. The molecule has 1 aliphatic rings. The second-order valence-corrected chi connectivity index (χ2v) is 8.75. The van der Waals surface area contributed by atoms with Gasteiger partial charge in [-0.2, -0.15) is 0 Å². The van der Waals surface area contributed by atoms with Crippen LogP contribution >= 0.6 is 0 Å². The third kappa shape index (κ3) is 6.99. The standard InChI is InChI=1S/C28H32N4O2/c33-27(31-20-21-11-3-1-4-12-21)25(32-28(34)24-15-7-9-17-29-24)16-8-10-18-30-26-19-23(26)22-13-5-2-6-14-22/h1-7,9,11-15,17,23,25-26,30H,8,10,16,18-20H2,(H,31,33)(H,32,34)/t23-,25-,26+/m0/s1. The second kappa shape index (κ2) is 12.1. The van der Waals surface area contributed by atoms with Crippen LogP contribution in [0.2, 0.25) is 0 Å². The maximum atomic E-state index is 12.9. The maximum absolute atomic E-state index is 12.9. The highest BCUT2D eigenvalue weighted by molar-refractivity contribution is 5.96. The van der Waals surface area contributed by atoms with Crippen LogP contribution in [0, 0.1) is 0 Å². The Balaban J connectivity index is 1.24. The van der Waals surface area contributed by atoms with Crippen LogP contribution in [0.3, 0.4) is 0 Å². The van der Waals surface area contributed by atoms with Gasteiger partial charge in [-0.05, 0) is 55.5 Å². The summed E-state index contributed by atoms with van der Waals surface area (Å²) < 4.78 is 0. The van der Waals surface area contributed by atoms with Gasteiger partial charge in [0.15, 0.2) is 0 Å². The Bertz CT molecular complexity index is 1040. The molecule has 0 unspecified atom stereocenters. The molecule has 6 nitrogen and oxygen atoms in total. The predicted molar refractivity (Wildman–Crippen MR) is 133 cm³/mol. The number of nitrogens with one attached hydrogen (secondary N) is 3. The number of aromatic nitrogens is 1. The van der Waals surface area contributed by atoms with Gasteiger partial charge < -0.3 is 16.0 Å². The van der Waals surface area contributed by atoms with Crippen LogP contribution in [0.15, 0.2) is 85.1 Å². The van der Waals surface area contributed by atoms with E-state index in [4.69, 9.17) is 0 Å². The minimum Gasteiger partial charge on any atom is -0.350 e. The summed E-state index contributed by atoms with van der Waals surface area (Å²) in [5, 5.41) is 9.46. The van der Waals surface area contributed by atoms with Crippen LogP contribution in [0.4, 0.5) is 0 Å². The Morgan fingerprint density at radius 3 is 2.38 bits per heavy atom. The van der Waals surface area contributed by atoms with E-state index in [1.165, 1.54) is 12.0 Å². The highest BCUT2D eigenvalue weighted by Crippen LogP contribution is 2.40. The normalized spacial score (nSPS) is 17.5. The summed E-state index contributed by atoms with van der Waals surface area (Å²) in [5.74, 6) is 0.102. The molecule has 6 heteroatoms. The number of hydrogen-bond donors (Lipinski definition) is 3. The zero-order valence-electron chi connectivity index (χ0n) is 19.3. The van der Waals surface area contributed by atoms with Crippen molar-refractivity contribution in [2.24, 2.45) is 0 Å². The molecule has 3 aromatic rings. The smallest absolute Gasteiger partial charge is 0.270 e. The Kier molecular flexibility index (Phi) is 8.41. The molecule has 176 valence electrons. The summed E-state index contributed by atoms with van der Waals surface area (Å²) in [7, 11) is 0. The zero-order chi connectivity index (χ0) is 23.6. The Morgan fingerprint density at radius 1 is 0.912 bits per heavy atom. The lowest BCUT2D eigenvalue weighted by Gasteiger charge is -2.18. The number of pyridine rings is 1. The maximum Gasteiger partial charge on any atom is 0.270 e. The fraction of sp³-hybridized carbons (Fsp3) is 0.321. The molecule has 2 aromatic carbocycles. The second-order valence-electron chi connectivity index (χ2n) is 8.75. The molecule has 0 bridgehead atoms. The Labute approximate surface area is 201 Å². The number of hydrogen-bond acceptors (Lipinski definition) is 4. The summed E-state index contributed by atoms with van der Waals surface area (Å²) in [6.45, 7) is 1.33. The molecule has 0 radical (unpaired) electrons. The Morgan fingerprint density at radius 2 is 1.65 bits per heavy atom. The van der Waals surface area contributed by atoms with Crippen molar-refractivity contribution in [2.75, 3.05) is 6.54 Å². The van der Waals surface area contributed by atoms with Crippen molar-refractivity contribution in [3.05, 3.63) is 102 Å². The first-order valence-electron chi connectivity index (χ1n) is 12.0. The van der Waals surface area contributed by atoms with E-state index < -0.39 is 6.04 Å². The van der Waals surface area contributed by atoms with Crippen LogP contribution in [0.25, 0.3) is 0 Å². The van der Waals surface area contributed by atoms with E-state index in [2.05, 4.69) is 45.2 Å². The quantitative estimate of drug-likeness (QED) is 0.362. The summed E-state index contributed by atoms with van der Waals surface area (Å²) in [4.78, 5) is 29.6. The molecule has 2 amide bonds. The summed E-state index contributed by atoms with van der Waals surface area (Å²) in [6.07, 6.45) is 5.11. The van der Waals surface area contributed by atoms with Gasteiger partial charge in [-0.25, -0.2) is 0 Å². The molecular weight excluding hydrogens is 424 g/mol. The van der Waals surface area contributed by atoms with Gasteiger partial charge in [0.25, 0.3) is 5.91 Å². The molecule has 0 spiro atoms. The lowest BCUT2D eigenvalue weighted by atomic mass is 10.1. The molecule has 1 saturated carbocycles. The average molecular weight is 457 g/mol. The molecule has 0 aliphatic heterocycles. The summed E-state index contributed by atoms with van der Waals surface area (Å²) in [6, 6.07) is 25.5. The van der Waals surface area contributed by atoms with Gasteiger partial charge >= 0.3 is 0 Å². The third-order valence-electron chi connectivity index (χ3n) is 6.17. The van der Waals surface area contributed by atoms with Gasteiger partial charge in [0.2, 0.25) is 5.91 Å². The van der Waals surface area contributed by atoms with Crippen molar-refractivity contribution in [3.8, 4) is 0 Å². The summed E-state index contributed by atoms with van der Waals surface area (Å²) >= 11 is 0. The van der Waals surface area contributed by atoms with Crippen molar-refractivity contribution >= 4 is 11.8 Å². The average Bonchev–Trinajstić information content (AvgIpc) is 3.67. The van der Waals surface area contributed by atoms with Crippen molar-refractivity contribution in [3.63, 3.8) is 0 Å². The van der Waals surface area contributed by atoms with E-state index in [1.807, 2.05) is 36.4 Å². The molecule has 1 heterocycles. The topological polar surface area (TPSA) is 83.1 Å². The first-order chi connectivity index (χ1) is 16.7. The lowest BCUT2D eigenvalue weighted by molar-refractivity contribution is -0.123. The van der Waals surface area contributed by atoms with Crippen molar-refractivity contribution in [2.45, 2.75) is 50.2 Å². The van der Waals surface area contributed by atoms with Gasteiger partial charge in [0, 0.05) is 24.7 Å². The van der Waals surface area contributed by atoms with Gasteiger partial charge in [-0.1, -0.05) is 66.7 Å². The number of carbonyl (C=O) groups excluding carboxylic acids is 2. The number of benzene rings is 2. The third-order valence-corrected chi connectivity index (χ3v) is 6.17. The van der Waals surface area contributed by atoms with Crippen molar-refractivity contribution in [1.82, 2.24) is 20.9 Å². The lowest BCUT2D eigenvalue weighted by Crippen LogP contribution is -2.46. The van der Waals surface area contributed by atoms with E-state index in [0.717, 1.165) is 24.9 Å². The zero-order valence-corrected chi connectivity index (χ0v) is 19.3. The largest absolute Gasteiger partial charge is 0.350 e. The van der Waals surface area contributed by atoms with Gasteiger partial charge in [-0.15, -0.1) is 0 Å². The SMILES string of the molecule is O=C(N[C@@H](CCCCN[C@@H]1C[C@H]1c1ccccc1)C(=O)NCc1ccccc1)c1ccccn1. The van der Waals surface area contributed by atoms with E-state index in [1.54, 1.807) is 24.4 Å². The van der Waals surface area contributed by atoms with Gasteiger partial charge in [0.05, 0.1) is 0 Å². The number of carbonyl (C=O) groups is 2. The molecule has 1 aliphatic carbocycles. The number of amides is 2. The van der Waals surface area contributed by atoms with Crippen molar-refractivity contribution < 1.29 is 9.59 Å². The first kappa shape index (κ1) is 23.6. The molecule has 0 saturated heterocycles. The van der Waals surface area contributed by atoms with Crippen LogP contribution in [-0.4, -0.2) is 35.4 Å². The molecular formula is C28H32N4O2. The van der Waals surface area contributed by atoms with Crippen LogP contribution < -0.4 is 16.0 Å². The highest BCUT2D eigenvalue weighted by atomic mass is 16.2. The number of unbranched alkanes of at least 4 members (excludes halogenated alkanes) is 1. The number of nitrogens with zero attached hydrogens (tertiary/aromatic N) is 1. The monoisotopic (exact) mass is 456 g/mol. The molecule has 1 fully saturated rings. The molecule has 4 rings (SSSR count). The minimum absolute atomic E-state index is 0.174. The molecule has 1 aromatic heterocycles. The Hall–Kier alpha value is -3.51. The summed E-state index contributed by atoms with van der Waals surface area (Å²) in [5.41, 5.74) is 2.73. The van der Waals surface area contributed by atoms with Crippen LogP contribution in [0.5, 0.6) is 0 Å². The van der Waals surface area contributed by atoms with E-state index in [-0.39, 0.29) is 11.8 Å².